The minimum atomic E-state index is -0.190. The number of benzene rings is 4. The highest BCUT2D eigenvalue weighted by Gasteiger charge is 2.35. The van der Waals surface area contributed by atoms with Crippen LogP contribution in [0.4, 0.5) is 11.4 Å². The van der Waals surface area contributed by atoms with E-state index < -0.39 is 0 Å². The third-order valence-electron chi connectivity index (χ3n) is 5.42. The molecule has 1 aliphatic rings. The molecule has 0 aromatic heterocycles. The van der Waals surface area contributed by atoms with Gasteiger partial charge in [-0.2, -0.15) is 0 Å². The Balaban J connectivity index is 1.61. The predicted molar refractivity (Wildman–Crippen MR) is 144 cm³/mol. The number of hydrogen-bond donors (Lipinski definition) is 1. The summed E-state index contributed by atoms with van der Waals surface area (Å²) in [4.78, 5) is 15.5. The average Bonchev–Trinajstić information content (AvgIpc) is 3.11. The standard InChI is InChI=1S/C26H18I2N2O/c27-18-8-12-20(13-9-18)29-24-16-25(23-7-3-5-17-4-1-2-6-22(17)23)30(26(24)31)21-14-10-19(28)11-15-21/h1-16,25,29H/t25-/m1/s1. The quantitative estimate of drug-likeness (QED) is 0.244. The summed E-state index contributed by atoms with van der Waals surface area (Å²) in [5.74, 6) is -0.0299. The first kappa shape index (κ1) is 20.5. The van der Waals surface area contributed by atoms with Crippen molar-refractivity contribution in [2.45, 2.75) is 6.04 Å². The number of anilines is 2. The van der Waals surface area contributed by atoms with Crippen LogP contribution in [-0.2, 0) is 4.79 Å². The highest BCUT2D eigenvalue weighted by Crippen LogP contribution is 2.39. The molecule has 152 valence electrons. The fourth-order valence-electron chi connectivity index (χ4n) is 3.96. The van der Waals surface area contributed by atoms with Crippen LogP contribution in [0.25, 0.3) is 10.8 Å². The molecule has 3 nitrogen and oxygen atoms in total. The molecule has 4 aromatic carbocycles. The first-order valence-corrected chi connectivity index (χ1v) is 12.1. The molecule has 0 bridgehead atoms. The van der Waals surface area contributed by atoms with Crippen molar-refractivity contribution in [2.24, 2.45) is 0 Å². The number of carbonyl (C=O) groups excluding carboxylic acids is 1. The second-order valence-corrected chi connectivity index (χ2v) is 9.87. The molecule has 0 unspecified atom stereocenters. The number of fused-ring (bicyclic) bond motifs is 1. The van der Waals surface area contributed by atoms with Gasteiger partial charge in [0.25, 0.3) is 5.91 Å². The van der Waals surface area contributed by atoms with E-state index in [2.05, 4.69) is 80.8 Å². The topological polar surface area (TPSA) is 32.3 Å². The van der Waals surface area contributed by atoms with Crippen molar-refractivity contribution >= 4 is 73.2 Å². The smallest absolute Gasteiger partial charge is 0.275 e. The van der Waals surface area contributed by atoms with E-state index in [1.807, 2.05) is 71.6 Å². The number of hydrogen-bond acceptors (Lipinski definition) is 2. The van der Waals surface area contributed by atoms with Gasteiger partial charge in [-0.05, 0) is 116 Å². The molecule has 1 aliphatic heterocycles. The number of amides is 1. The zero-order valence-corrected chi connectivity index (χ0v) is 20.7. The van der Waals surface area contributed by atoms with Crippen LogP contribution < -0.4 is 10.2 Å². The lowest BCUT2D eigenvalue weighted by Gasteiger charge is -2.26. The second-order valence-electron chi connectivity index (χ2n) is 7.38. The first-order chi connectivity index (χ1) is 15.1. The molecular formula is C26H18I2N2O. The highest BCUT2D eigenvalue weighted by molar-refractivity contribution is 14.1. The Morgan fingerprint density at radius 2 is 1.39 bits per heavy atom. The Labute approximate surface area is 208 Å². The molecule has 1 atom stereocenters. The van der Waals surface area contributed by atoms with Gasteiger partial charge in [-0.25, -0.2) is 0 Å². The van der Waals surface area contributed by atoms with Gasteiger partial charge >= 0.3 is 0 Å². The number of carbonyl (C=O) groups is 1. The molecule has 0 radical (unpaired) electrons. The summed E-state index contributed by atoms with van der Waals surface area (Å²) in [6, 6.07) is 30.6. The van der Waals surface area contributed by atoms with E-state index in [9.17, 15) is 4.79 Å². The lowest BCUT2D eigenvalue weighted by Crippen LogP contribution is -2.30. The average molecular weight is 628 g/mol. The summed E-state index contributed by atoms with van der Waals surface area (Å²) in [5.41, 5.74) is 3.50. The lowest BCUT2D eigenvalue weighted by atomic mass is 9.98. The van der Waals surface area contributed by atoms with Crippen LogP contribution in [0.15, 0.2) is 103 Å². The van der Waals surface area contributed by atoms with Crippen molar-refractivity contribution in [3.05, 3.63) is 115 Å². The molecule has 1 N–H and O–H groups in total. The fourth-order valence-corrected chi connectivity index (χ4v) is 4.68. The van der Waals surface area contributed by atoms with Gasteiger partial charge in [0.15, 0.2) is 0 Å². The Morgan fingerprint density at radius 1 is 0.742 bits per heavy atom. The molecule has 1 amide bonds. The molecule has 5 rings (SSSR count). The second kappa shape index (κ2) is 8.63. The molecular weight excluding hydrogens is 610 g/mol. The van der Waals surface area contributed by atoms with Gasteiger partial charge in [0.05, 0.1) is 6.04 Å². The molecule has 0 fully saturated rings. The summed E-state index contributed by atoms with van der Waals surface area (Å²) in [7, 11) is 0. The Kier molecular flexibility index (Phi) is 5.71. The molecule has 1 heterocycles. The molecule has 0 saturated heterocycles. The van der Waals surface area contributed by atoms with E-state index in [1.54, 1.807) is 0 Å². The largest absolute Gasteiger partial charge is 0.351 e. The van der Waals surface area contributed by atoms with Crippen molar-refractivity contribution in [1.29, 1.82) is 0 Å². The van der Waals surface area contributed by atoms with Crippen molar-refractivity contribution in [3.8, 4) is 0 Å². The zero-order valence-electron chi connectivity index (χ0n) is 16.4. The van der Waals surface area contributed by atoms with Gasteiger partial charge in [0, 0.05) is 18.5 Å². The van der Waals surface area contributed by atoms with Crippen LogP contribution in [0.3, 0.4) is 0 Å². The summed E-state index contributed by atoms with van der Waals surface area (Å²) in [6.45, 7) is 0. The highest BCUT2D eigenvalue weighted by atomic mass is 127. The van der Waals surface area contributed by atoms with E-state index in [4.69, 9.17) is 0 Å². The lowest BCUT2D eigenvalue weighted by molar-refractivity contribution is -0.114. The summed E-state index contributed by atoms with van der Waals surface area (Å²) < 4.78 is 2.30. The third-order valence-corrected chi connectivity index (χ3v) is 6.86. The molecule has 0 aliphatic carbocycles. The number of rotatable bonds is 4. The van der Waals surface area contributed by atoms with Gasteiger partial charge < -0.3 is 5.32 Å². The Bertz CT molecular complexity index is 1290. The van der Waals surface area contributed by atoms with Crippen LogP contribution >= 0.6 is 45.2 Å². The van der Waals surface area contributed by atoms with Gasteiger partial charge in [-0.15, -0.1) is 0 Å². The number of nitrogens with one attached hydrogen (secondary N) is 1. The first-order valence-electron chi connectivity index (χ1n) is 9.91. The van der Waals surface area contributed by atoms with Crippen molar-refractivity contribution < 1.29 is 4.79 Å². The maximum Gasteiger partial charge on any atom is 0.275 e. The normalized spacial score (nSPS) is 15.9. The Hall–Kier alpha value is -2.39. The SMILES string of the molecule is O=C1C(Nc2ccc(I)cc2)=C[C@H](c2cccc3ccccc23)N1c1ccc(I)cc1. The summed E-state index contributed by atoms with van der Waals surface area (Å²) in [6.07, 6.45) is 2.04. The Morgan fingerprint density at radius 3 is 2.13 bits per heavy atom. The van der Waals surface area contributed by atoms with Crippen molar-refractivity contribution in [1.82, 2.24) is 0 Å². The summed E-state index contributed by atoms with van der Waals surface area (Å²) in [5, 5.41) is 5.67. The summed E-state index contributed by atoms with van der Waals surface area (Å²) >= 11 is 4.56. The van der Waals surface area contributed by atoms with Crippen LogP contribution in [0, 0.1) is 7.14 Å². The molecule has 31 heavy (non-hydrogen) atoms. The molecule has 5 heteroatoms. The maximum absolute atomic E-state index is 13.6. The maximum atomic E-state index is 13.6. The van der Waals surface area contributed by atoms with E-state index in [-0.39, 0.29) is 11.9 Å². The number of halogens is 2. The van der Waals surface area contributed by atoms with Crippen LogP contribution in [0.5, 0.6) is 0 Å². The van der Waals surface area contributed by atoms with Gasteiger partial charge in [0.1, 0.15) is 5.70 Å². The number of nitrogens with zero attached hydrogens (tertiary/aromatic N) is 1. The van der Waals surface area contributed by atoms with Crippen LogP contribution in [0.1, 0.15) is 11.6 Å². The van der Waals surface area contributed by atoms with E-state index in [0.29, 0.717) is 5.70 Å². The van der Waals surface area contributed by atoms with Crippen LogP contribution in [0.2, 0.25) is 0 Å². The van der Waals surface area contributed by atoms with Gasteiger partial charge in [0.2, 0.25) is 0 Å². The van der Waals surface area contributed by atoms with Crippen LogP contribution in [-0.4, -0.2) is 5.91 Å². The molecule has 0 spiro atoms. The minimum Gasteiger partial charge on any atom is -0.351 e. The van der Waals surface area contributed by atoms with E-state index >= 15 is 0 Å². The molecule has 4 aromatic rings. The van der Waals surface area contributed by atoms with Gasteiger partial charge in [-0.1, -0.05) is 42.5 Å². The van der Waals surface area contributed by atoms with Gasteiger partial charge in [-0.3, -0.25) is 9.69 Å². The predicted octanol–water partition coefficient (Wildman–Crippen LogP) is 7.13. The fraction of sp³-hybridized carbons (Fsp3) is 0.0385. The molecule has 0 saturated carbocycles. The van der Waals surface area contributed by atoms with E-state index in [0.717, 1.165) is 29.5 Å². The minimum absolute atomic E-state index is 0.0299. The third kappa shape index (κ3) is 4.08. The zero-order chi connectivity index (χ0) is 21.4. The monoisotopic (exact) mass is 628 g/mol. The van der Waals surface area contributed by atoms with Crippen molar-refractivity contribution in [3.63, 3.8) is 0 Å². The van der Waals surface area contributed by atoms with Crippen molar-refractivity contribution in [2.75, 3.05) is 10.2 Å². The van der Waals surface area contributed by atoms with E-state index in [1.165, 1.54) is 5.39 Å².